The molecule has 26 heavy (non-hydrogen) atoms. The normalized spacial score (nSPS) is 14.0. The summed E-state index contributed by atoms with van der Waals surface area (Å²) >= 11 is 6.14. The molecule has 0 atom stereocenters. The summed E-state index contributed by atoms with van der Waals surface area (Å²) < 4.78 is 10.6. The zero-order chi connectivity index (χ0) is 18.5. The number of halogens is 1. The lowest BCUT2D eigenvalue weighted by atomic mass is 10.1. The summed E-state index contributed by atoms with van der Waals surface area (Å²) in [6.45, 7) is 1.58. The van der Waals surface area contributed by atoms with Crippen LogP contribution in [0.1, 0.15) is 29.8 Å². The molecule has 0 bridgehead atoms. The highest BCUT2D eigenvalue weighted by molar-refractivity contribution is 6.32. The summed E-state index contributed by atoms with van der Waals surface area (Å²) in [5.74, 6) is 1.08. The largest absolute Gasteiger partial charge is 0.495 e. The molecule has 7 heteroatoms. The molecule has 0 radical (unpaired) electrons. The van der Waals surface area contributed by atoms with E-state index in [4.69, 9.17) is 21.1 Å². The first kappa shape index (κ1) is 18.3. The summed E-state index contributed by atoms with van der Waals surface area (Å²) in [6.07, 6.45) is 4.90. The highest BCUT2D eigenvalue weighted by Gasteiger charge is 2.19. The molecule has 6 nitrogen and oxygen atoms in total. The number of rotatable bonds is 5. The van der Waals surface area contributed by atoms with Gasteiger partial charge in [0.15, 0.2) is 0 Å². The lowest BCUT2D eigenvalue weighted by molar-refractivity contribution is 0.0718. The standard InChI is InChI=1S/C19H22ClN3O3/c1-25-17-12-15(18(26-2)11-14(17)20)22-13-6-7-21-16(10-13)19(24)23-8-4-3-5-9-23/h6-7,10-12H,3-5,8-9H2,1-2H3,(H,21,22). The van der Waals surface area contributed by atoms with Crippen LogP contribution in [0.25, 0.3) is 0 Å². The molecule has 1 saturated heterocycles. The zero-order valence-corrected chi connectivity index (χ0v) is 15.7. The number of anilines is 2. The number of benzene rings is 1. The molecule has 1 N–H and O–H groups in total. The Morgan fingerprint density at radius 2 is 1.85 bits per heavy atom. The van der Waals surface area contributed by atoms with Crippen LogP contribution in [0.2, 0.25) is 5.02 Å². The number of hydrogen-bond acceptors (Lipinski definition) is 5. The number of nitrogens with zero attached hydrogens (tertiary/aromatic N) is 2. The van der Waals surface area contributed by atoms with Crippen molar-refractivity contribution < 1.29 is 14.3 Å². The van der Waals surface area contributed by atoms with Crippen molar-refractivity contribution in [2.45, 2.75) is 19.3 Å². The van der Waals surface area contributed by atoms with Crippen LogP contribution >= 0.6 is 11.6 Å². The molecule has 0 spiro atoms. The molecule has 0 aliphatic carbocycles. The number of likely N-dealkylation sites (tertiary alicyclic amines) is 1. The molecular formula is C19H22ClN3O3. The lowest BCUT2D eigenvalue weighted by Crippen LogP contribution is -2.36. The number of nitrogens with one attached hydrogen (secondary N) is 1. The van der Waals surface area contributed by atoms with Crippen LogP contribution in [0.4, 0.5) is 11.4 Å². The molecule has 0 saturated carbocycles. The predicted molar refractivity (Wildman–Crippen MR) is 102 cm³/mol. The van der Waals surface area contributed by atoms with Crippen molar-refractivity contribution in [1.29, 1.82) is 0 Å². The Labute approximate surface area is 158 Å². The second-order valence-corrected chi connectivity index (χ2v) is 6.50. The van der Waals surface area contributed by atoms with E-state index >= 15 is 0 Å². The van der Waals surface area contributed by atoms with Gasteiger partial charge in [0.1, 0.15) is 17.2 Å². The number of pyridine rings is 1. The van der Waals surface area contributed by atoms with Crippen LogP contribution in [0.5, 0.6) is 11.5 Å². The van der Waals surface area contributed by atoms with Gasteiger partial charge in [-0.25, -0.2) is 0 Å². The Kier molecular flexibility index (Phi) is 5.83. The van der Waals surface area contributed by atoms with Crippen molar-refractivity contribution in [1.82, 2.24) is 9.88 Å². The molecule has 2 aromatic rings. The van der Waals surface area contributed by atoms with Crippen LogP contribution in [0.3, 0.4) is 0 Å². The maximum Gasteiger partial charge on any atom is 0.272 e. The number of piperidine rings is 1. The average molecular weight is 376 g/mol. The Morgan fingerprint density at radius 3 is 2.54 bits per heavy atom. The van der Waals surface area contributed by atoms with Crippen LogP contribution < -0.4 is 14.8 Å². The predicted octanol–water partition coefficient (Wildman–Crippen LogP) is 4.12. The summed E-state index contributed by atoms with van der Waals surface area (Å²) in [7, 11) is 3.13. The highest BCUT2D eigenvalue weighted by Crippen LogP contribution is 2.37. The second kappa shape index (κ2) is 8.27. The van der Waals surface area contributed by atoms with Gasteiger partial charge in [-0.05, 0) is 31.4 Å². The Balaban J connectivity index is 1.84. The van der Waals surface area contributed by atoms with Gasteiger partial charge < -0.3 is 19.7 Å². The van der Waals surface area contributed by atoms with Crippen molar-refractivity contribution in [3.8, 4) is 11.5 Å². The Morgan fingerprint density at radius 1 is 1.12 bits per heavy atom. The van der Waals surface area contributed by atoms with Crippen molar-refractivity contribution in [3.05, 3.63) is 41.2 Å². The molecule has 1 fully saturated rings. The van der Waals surface area contributed by atoms with E-state index in [9.17, 15) is 4.79 Å². The summed E-state index contributed by atoms with van der Waals surface area (Å²) in [4.78, 5) is 18.7. The molecule has 0 unspecified atom stereocenters. The fourth-order valence-electron chi connectivity index (χ4n) is 3.00. The fourth-order valence-corrected chi connectivity index (χ4v) is 3.23. The fraction of sp³-hybridized carbons (Fsp3) is 0.368. The van der Waals surface area contributed by atoms with Gasteiger partial charge in [0.2, 0.25) is 0 Å². The molecule has 1 aromatic heterocycles. The smallest absolute Gasteiger partial charge is 0.272 e. The maximum atomic E-state index is 12.6. The van der Waals surface area contributed by atoms with Crippen molar-refractivity contribution in [2.24, 2.45) is 0 Å². The second-order valence-electron chi connectivity index (χ2n) is 6.09. The molecule has 1 aromatic carbocycles. The van der Waals surface area contributed by atoms with E-state index < -0.39 is 0 Å². The third kappa shape index (κ3) is 4.02. The van der Waals surface area contributed by atoms with Gasteiger partial charge in [0.25, 0.3) is 5.91 Å². The summed E-state index contributed by atoms with van der Waals surface area (Å²) in [6, 6.07) is 6.99. The van der Waals surface area contributed by atoms with E-state index in [0.29, 0.717) is 27.9 Å². The maximum absolute atomic E-state index is 12.6. The van der Waals surface area contributed by atoms with E-state index in [0.717, 1.165) is 31.6 Å². The molecule has 3 rings (SSSR count). The van der Waals surface area contributed by atoms with Gasteiger partial charge in [-0.3, -0.25) is 9.78 Å². The van der Waals surface area contributed by atoms with Gasteiger partial charge >= 0.3 is 0 Å². The third-order valence-electron chi connectivity index (χ3n) is 4.38. The van der Waals surface area contributed by atoms with Crippen LogP contribution in [0.15, 0.2) is 30.5 Å². The van der Waals surface area contributed by atoms with Gasteiger partial charge in [-0.1, -0.05) is 11.6 Å². The van der Waals surface area contributed by atoms with Crippen LogP contribution in [-0.4, -0.2) is 43.1 Å². The topological polar surface area (TPSA) is 63.7 Å². The van der Waals surface area contributed by atoms with E-state index in [1.165, 1.54) is 6.42 Å². The molecule has 1 aliphatic rings. The molecule has 1 amide bonds. The van der Waals surface area contributed by atoms with Gasteiger partial charge in [-0.15, -0.1) is 0 Å². The van der Waals surface area contributed by atoms with Crippen molar-refractivity contribution >= 4 is 28.9 Å². The number of amides is 1. The van der Waals surface area contributed by atoms with Crippen LogP contribution in [-0.2, 0) is 0 Å². The number of ether oxygens (including phenoxy) is 2. The average Bonchev–Trinajstić information content (AvgIpc) is 2.69. The lowest BCUT2D eigenvalue weighted by Gasteiger charge is -2.26. The van der Waals surface area contributed by atoms with E-state index in [1.54, 1.807) is 44.7 Å². The number of aromatic nitrogens is 1. The van der Waals surface area contributed by atoms with Crippen molar-refractivity contribution in [2.75, 3.05) is 32.6 Å². The molecule has 1 aliphatic heterocycles. The van der Waals surface area contributed by atoms with Crippen molar-refractivity contribution in [3.63, 3.8) is 0 Å². The number of carbonyl (C=O) groups excluding carboxylic acids is 1. The summed E-state index contributed by atoms with van der Waals surface area (Å²) in [5, 5.41) is 3.71. The minimum atomic E-state index is -0.0333. The Bertz CT molecular complexity index is 792. The monoisotopic (exact) mass is 375 g/mol. The van der Waals surface area contributed by atoms with E-state index in [1.807, 2.05) is 4.90 Å². The first-order valence-corrected chi connectivity index (χ1v) is 8.94. The molecule has 2 heterocycles. The third-order valence-corrected chi connectivity index (χ3v) is 4.67. The first-order valence-electron chi connectivity index (χ1n) is 8.56. The van der Waals surface area contributed by atoms with Gasteiger partial charge in [0, 0.05) is 37.1 Å². The minimum Gasteiger partial charge on any atom is -0.495 e. The quantitative estimate of drug-likeness (QED) is 0.851. The van der Waals surface area contributed by atoms with E-state index in [2.05, 4.69) is 10.3 Å². The Hall–Kier alpha value is -2.47. The minimum absolute atomic E-state index is 0.0333. The first-order chi connectivity index (χ1) is 12.6. The highest BCUT2D eigenvalue weighted by atomic mass is 35.5. The SMILES string of the molecule is COc1cc(Nc2ccnc(C(=O)N3CCCCC3)c2)c(OC)cc1Cl. The number of carbonyl (C=O) groups is 1. The molecular weight excluding hydrogens is 354 g/mol. The number of methoxy groups -OCH3 is 2. The van der Waals surface area contributed by atoms with Gasteiger partial charge in [-0.2, -0.15) is 0 Å². The summed E-state index contributed by atoms with van der Waals surface area (Å²) in [5.41, 5.74) is 1.86. The number of hydrogen-bond donors (Lipinski definition) is 1. The van der Waals surface area contributed by atoms with Gasteiger partial charge in [0.05, 0.1) is 24.9 Å². The van der Waals surface area contributed by atoms with Crippen LogP contribution in [0, 0.1) is 0 Å². The van der Waals surface area contributed by atoms with E-state index in [-0.39, 0.29) is 5.91 Å². The molecule has 138 valence electrons. The zero-order valence-electron chi connectivity index (χ0n) is 14.9.